The van der Waals surface area contributed by atoms with Crippen molar-refractivity contribution in [2.45, 2.75) is 18.9 Å². The highest BCUT2D eigenvalue weighted by Gasteiger charge is 2.21. The Morgan fingerprint density at radius 1 is 1.26 bits per heavy atom. The summed E-state index contributed by atoms with van der Waals surface area (Å²) >= 11 is 0. The fraction of sp³-hybridized carbons (Fsp3) is 0.250. The maximum Gasteiger partial charge on any atom is 0.326 e. The van der Waals surface area contributed by atoms with Crippen molar-refractivity contribution >= 4 is 23.5 Å². The topological polar surface area (TPSA) is 130 Å². The van der Waals surface area contributed by atoms with Gasteiger partial charge in [-0.05, 0) is 24.6 Å². The predicted octanol–water partition coefficient (Wildman–Crippen LogP) is 0.317. The van der Waals surface area contributed by atoms with Gasteiger partial charge in [-0.3, -0.25) is 9.59 Å². The third kappa shape index (κ3) is 4.66. The van der Waals surface area contributed by atoms with Gasteiger partial charge in [0, 0.05) is 17.7 Å². The second-order valence-electron chi connectivity index (χ2n) is 3.92. The van der Waals surface area contributed by atoms with Crippen LogP contribution in [0.25, 0.3) is 0 Å². The number of aliphatic carboxylic acids is 2. The molecule has 1 aromatic carbocycles. The number of anilines is 1. The summed E-state index contributed by atoms with van der Waals surface area (Å²) in [5.74, 6) is -3.01. The summed E-state index contributed by atoms with van der Waals surface area (Å²) in [7, 11) is 0. The third-order valence-corrected chi connectivity index (χ3v) is 2.40. The van der Waals surface area contributed by atoms with Gasteiger partial charge in [0.2, 0.25) is 0 Å². The maximum atomic E-state index is 11.8. The lowest BCUT2D eigenvalue weighted by Gasteiger charge is -2.13. The molecule has 7 heteroatoms. The van der Waals surface area contributed by atoms with Gasteiger partial charge in [-0.15, -0.1) is 0 Å². The molecule has 19 heavy (non-hydrogen) atoms. The molecule has 0 saturated carbocycles. The third-order valence-electron chi connectivity index (χ3n) is 2.40. The van der Waals surface area contributed by atoms with Crippen molar-refractivity contribution in [2.75, 3.05) is 5.73 Å². The van der Waals surface area contributed by atoms with Crippen molar-refractivity contribution in [3.63, 3.8) is 0 Å². The van der Waals surface area contributed by atoms with Crippen LogP contribution >= 0.6 is 0 Å². The van der Waals surface area contributed by atoms with E-state index in [9.17, 15) is 14.4 Å². The number of rotatable bonds is 6. The van der Waals surface area contributed by atoms with Gasteiger partial charge in [0.05, 0.1) is 0 Å². The van der Waals surface area contributed by atoms with Crippen molar-refractivity contribution in [2.24, 2.45) is 0 Å². The molecule has 0 aliphatic rings. The van der Waals surface area contributed by atoms with E-state index >= 15 is 0 Å². The number of nitrogens with two attached hydrogens (primary N) is 1. The molecule has 1 atom stereocenters. The first-order chi connectivity index (χ1) is 8.90. The van der Waals surface area contributed by atoms with Crippen LogP contribution in [-0.2, 0) is 9.59 Å². The molecule has 0 aromatic heterocycles. The number of carboxylic acids is 2. The second kappa shape index (κ2) is 6.39. The Balaban J connectivity index is 2.71. The van der Waals surface area contributed by atoms with Crippen LogP contribution in [0.4, 0.5) is 5.69 Å². The van der Waals surface area contributed by atoms with Crippen LogP contribution in [0.2, 0.25) is 0 Å². The molecule has 0 heterocycles. The number of carbonyl (C=O) groups excluding carboxylic acids is 1. The van der Waals surface area contributed by atoms with Gasteiger partial charge < -0.3 is 21.3 Å². The molecule has 0 aliphatic carbocycles. The lowest BCUT2D eigenvalue weighted by Crippen LogP contribution is -2.41. The van der Waals surface area contributed by atoms with Crippen molar-refractivity contribution < 1.29 is 24.6 Å². The van der Waals surface area contributed by atoms with Crippen molar-refractivity contribution in [1.82, 2.24) is 5.32 Å². The number of nitrogens with one attached hydrogen (secondary N) is 1. The lowest BCUT2D eigenvalue weighted by atomic mass is 10.1. The average molecular weight is 266 g/mol. The van der Waals surface area contributed by atoms with Gasteiger partial charge in [0.15, 0.2) is 0 Å². The number of benzene rings is 1. The quantitative estimate of drug-likeness (QED) is 0.548. The Morgan fingerprint density at radius 2 is 1.95 bits per heavy atom. The van der Waals surface area contributed by atoms with E-state index < -0.39 is 23.9 Å². The van der Waals surface area contributed by atoms with Crippen LogP contribution in [0.3, 0.4) is 0 Å². The second-order valence-corrected chi connectivity index (χ2v) is 3.92. The molecule has 102 valence electrons. The van der Waals surface area contributed by atoms with Crippen LogP contribution in [0.5, 0.6) is 0 Å². The van der Waals surface area contributed by atoms with Gasteiger partial charge >= 0.3 is 11.9 Å². The monoisotopic (exact) mass is 266 g/mol. The predicted molar refractivity (Wildman–Crippen MR) is 66.6 cm³/mol. The van der Waals surface area contributed by atoms with Gasteiger partial charge in [-0.2, -0.15) is 0 Å². The lowest BCUT2D eigenvalue weighted by molar-refractivity contribution is -0.140. The first-order valence-electron chi connectivity index (χ1n) is 5.51. The summed E-state index contributed by atoms with van der Waals surface area (Å²) in [6, 6.07) is 4.81. The highest BCUT2D eigenvalue weighted by Crippen LogP contribution is 2.07. The number of hydrogen-bond acceptors (Lipinski definition) is 4. The van der Waals surface area contributed by atoms with E-state index in [4.69, 9.17) is 15.9 Å². The zero-order valence-electron chi connectivity index (χ0n) is 10.00. The molecular weight excluding hydrogens is 252 g/mol. The Kier molecular flexibility index (Phi) is 4.87. The van der Waals surface area contributed by atoms with Crippen LogP contribution in [0, 0.1) is 0 Å². The molecule has 0 bridgehead atoms. The largest absolute Gasteiger partial charge is 0.481 e. The van der Waals surface area contributed by atoms with Crippen molar-refractivity contribution in [3.05, 3.63) is 29.8 Å². The van der Waals surface area contributed by atoms with E-state index in [-0.39, 0.29) is 18.4 Å². The van der Waals surface area contributed by atoms with Gasteiger partial charge in [-0.25, -0.2) is 4.79 Å². The highest BCUT2D eigenvalue weighted by atomic mass is 16.4. The summed E-state index contributed by atoms with van der Waals surface area (Å²) in [5, 5.41) is 19.7. The standard InChI is InChI=1S/C12H14N2O5/c13-8-3-1-2-7(6-8)11(17)14-9(12(18)19)4-5-10(15)16/h1-3,6,9H,4-5,13H2,(H,14,17)(H,15,16)(H,18,19). The summed E-state index contributed by atoms with van der Waals surface area (Å²) in [5.41, 5.74) is 6.11. The van der Waals surface area contributed by atoms with E-state index in [2.05, 4.69) is 5.32 Å². The van der Waals surface area contributed by atoms with Crippen LogP contribution in [-0.4, -0.2) is 34.1 Å². The van der Waals surface area contributed by atoms with Crippen LogP contribution in [0.15, 0.2) is 24.3 Å². The Bertz CT molecular complexity index is 501. The zero-order chi connectivity index (χ0) is 14.4. The molecule has 7 nitrogen and oxygen atoms in total. The molecule has 1 rings (SSSR count). The minimum absolute atomic E-state index is 0.182. The Labute approximate surface area is 109 Å². The van der Waals surface area contributed by atoms with E-state index in [0.29, 0.717) is 5.69 Å². The molecule has 0 spiro atoms. The molecule has 0 aliphatic heterocycles. The smallest absolute Gasteiger partial charge is 0.326 e. The van der Waals surface area contributed by atoms with Crippen molar-refractivity contribution in [1.29, 1.82) is 0 Å². The molecule has 1 amide bonds. The SMILES string of the molecule is Nc1cccc(C(=O)NC(CCC(=O)O)C(=O)O)c1. The fourth-order valence-electron chi connectivity index (χ4n) is 1.45. The maximum absolute atomic E-state index is 11.8. The zero-order valence-corrected chi connectivity index (χ0v) is 10.00. The fourth-order valence-corrected chi connectivity index (χ4v) is 1.45. The number of hydrogen-bond donors (Lipinski definition) is 4. The van der Waals surface area contributed by atoms with E-state index in [1.54, 1.807) is 12.1 Å². The van der Waals surface area contributed by atoms with E-state index in [1.807, 2.05) is 0 Å². The average Bonchev–Trinajstić information content (AvgIpc) is 2.33. The summed E-state index contributed by atoms with van der Waals surface area (Å²) in [6.45, 7) is 0. The van der Waals surface area contributed by atoms with E-state index in [1.165, 1.54) is 12.1 Å². The molecule has 1 aromatic rings. The van der Waals surface area contributed by atoms with Crippen LogP contribution < -0.4 is 11.1 Å². The highest BCUT2D eigenvalue weighted by molar-refractivity contribution is 5.97. The van der Waals surface area contributed by atoms with Gasteiger partial charge in [-0.1, -0.05) is 6.07 Å². The first kappa shape index (κ1) is 14.5. The van der Waals surface area contributed by atoms with E-state index in [0.717, 1.165) is 0 Å². The molecule has 0 radical (unpaired) electrons. The minimum atomic E-state index is -1.28. The number of amides is 1. The Morgan fingerprint density at radius 3 is 2.47 bits per heavy atom. The minimum Gasteiger partial charge on any atom is -0.481 e. The molecular formula is C12H14N2O5. The number of carboxylic acid groups (broad SMARTS) is 2. The normalized spacial score (nSPS) is 11.6. The first-order valence-corrected chi connectivity index (χ1v) is 5.51. The number of carbonyl (C=O) groups is 3. The molecule has 0 fully saturated rings. The molecule has 5 N–H and O–H groups in total. The summed E-state index contributed by atoms with van der Waals surface area (Å²) in [4.78, 5) is 33.1. The summed E-state index contributed by atoms with van der Waals surface area (Å²) in [6.07, 6.45) is -0.521. The number of nitrogen functional groups attached to an aromatic ring is 1. The molecule has 0 saturated heterocycles. The van der Waals surface area contributed by atoms with Crippen LogP contribution in [0.1, 0.15) is 23.2 Å². The van der Waals surface area contributed by atoms with Gasteiger partial charge in [0.1, 0.15) is 6.04 Å². The summed E-state index contributed by atoms with van der Waals surface area (Å²) < 4.78 is 0. The molecule has 1 unspecified atom stereocenters. The Hall–Kier alpha value is -2.57. The van der Waals surface area contributed by atoms with Crippen molar-refractivity contribution in [3.8, 4) is 0 Å². The van der Waals surface area contributed by atoms with Gasteiger partial charge in [0.25, 0.3) is 5.91 Å².